The zero-order valence-electron chi connectivity index (χ0n) is 9.45. The van der Waals surface area contributed by atoms with Crippen LogP contribution in [0.25, 0.3) is 0 Å². The van der Waals surface area contributed by atoms with Crippen LogP contribution in [0.3, 0.4) is 0 Å². The first kappa shape index (κ1) is 11.5. The molecule has 0 atom stereocenters. The van der Waals surface area contributed by atoms with Gasteiger partial charge in [0.25, 0.3) is 0 Å². The molecular formula is C12H13F2NS. The van der Waals surface area contributed by atoms with E-state index in [0.29, 0.717) is 6.42 Å². The topological polar surface area (TPSA) is 12.0 Å². The van der Waals surface area contributed by atoms with E-state index < -0.39 is 17.2 Å². The monoisotopic (exact) mass is 241 g/mol. The van der Waals surface area contributed by atoms with Gasteiger partial charge in [-0.3, -0.25) is 0 Å². The molecule has 1 heterocycles. The minimum Gasteiger partial charge on any atom is -0.373 e. The molecule has 0 spiro atoms. The highest BCUT2D eigenvalue weighted by Gasteiger charge is 2.32. The molecule has 0 aliphatic carbocycles. The lowest BCUT2D eigenvalue weighted by Gasteiger charge is -2.35. The smallest absolute Gasteiger partial charge is 0.182 e. The fourth-order valence-corrected chi connectivity index (χ4v) is 2.11. The number of hydrogen-bond acceptors (Lipinski definition) is 2. The quantitative estimate of drug-likeness (QED) is 0.699. The Hall–Kier alpha value is -1.03. The average molecular weight is 241 g/mol. The van der Waals surface area contributed by atoms with Crippen LogP contribution in [0.4, 0.5) is 14.5 Å². The molecule has 0 unspecified atom stereocenters. The van der Waals surface area contributed by atoms with Gasteiger partial charge in [0.1, 0.15) is 0 Å². The normalized spacial score (nSPS) is 17.9. The largest absolute Gasteiger partial charge is 0.373 e. The third-order valence-electron chi connectivity index (χ3n) is 3.02. The molecule has 2 rings (SSSR count). The predicted octanol–water partition coefficient (Wildman–Crippen LogP) is 3.39. The number of thiocarbonyl (C=S) groups is 1. The molecule has 1 aromatic carbocycles. The van der Waals surface area contributed by atoms with Crippen molar-refractivity contribution in [3.8, 4) is 0 Å². The summed E-state index contributed by atoms with van der Waals surface area (Å²) in [6.07, 6.45) is 0.522. The van der Waals surface area contributed by atoms with E-state index in [9.17, 15) is 8.78 Å². The number of nitrogens with one attached hydrogen (secondary N) is 1. The van der Waals surface area contributed by atoms with E-state index >= 15 is 0 Å². The van der Waals surface area contributed by atoms with Gasteiger partial charge in [0.2, 0.25) is 0 Å². The summed E-state index contributed by atoms with van der Waals surface area (Å²) in [5.74, 6) is -1.62. The highest BCUT2D eigenvalue weighted by molar-refractivity contribution is 7.80. The van der Waals surface area contributed by atoms with E-state index in [4.69, 9.17) is 12.2 Å². The predicted molar refractivity (Wildman–Crippen MR) is 65.1 cm³/mol. The summed E-state index contributed by atoms with van der Waals surface area (Å²) in [5.41, 5.74) is 1.29. The van der Waals surface area contributed by atoms with Gasteiger partial charge in [-0.2, -0.15) is 0 Å². The number of anilines is 1. The molecule has 0 radical (unpaired) electrons. The Morgan fingerprint density at radius 3 is 2.62 bits per heavy atom. The highest BCUT2D eigenvalue weighted by atomic mass is 32.1. The van der Waals surface area contributed by atoms with Crippen LogP contribution >= 0.6 is 12.2 Å². The first-order valence-electron chi connectivity index (χ1n) is 5.12. The molecule has 0 fully saturated rings. The lowest BCUT2D eigenvalue weighted by molar-refractivity contribution is 0.505. The maximum absolute atomic E-state index is 13.7. The number of benzene rings is 1. The van der Waals surface area contributed by atoms with E-state index in [-0.39, 0.29) is 5.69 Å². The van der Waals surface area contributed by atoms with E-state index in [2.05, 4.69) is 5.32 Å². The minimum absolute atomic E-state index is 0.260. The van der Waals surface area contributed by atoms with Crippen LogP contribution in [0.2, 0.25) is 0 Å². The Kier molecular flexibility index (Phi) is 2.49. The zero-order chi connectivity index (χ0) is 12.1. The van der Waals surface area contributed by atoms with Crippen LogP contribution in [-0.2, 0) is 6.42 Å². The molecule has 0 amide bonds. The fraction of sp³-hybridized carbons (Fsp3) is 0.417. The minimum atomic E-state index is -0.813. The van der Waals surface area contributed by atoms with Gasteiger partial charge in [0.15, 0.2) is 11.6 Å². The molecule has 0 aromatic heterocycles. The van der Waals surface area contributed by atoms with E-state index in [1.165, 1.54) is 6.07 Å². The summed E-state index contributed by atoms with van der Waals surface area (Å²) in [4.78, 5) is 0.814. The van der Waals surface area contributed by atoms with Gasteiger partial charge in [0, 0.05) is 11.3 Å². The molecule has 1 nitrogen and oxygen atoms in total. The van der Waals surface area contributed by atoms with Gasteiger partial charge in [0.05, 0.1) is 11.2 Å². The van der Waals surface area contributed by atoms with Crippen molar-refractivity contribution in [1.82, 2.24) is 0 Å². The molecule has 1 aliphatic rings. The van der Waals surface area contributed by atoms with Crippen LogP contribution in [0.1, 0.15) is 25.0 Å². The lowest BCUT2D eigenvalue weighted by Crippen LogP contribution is -2.44. The van der Waals surface area contributed by atoms with Gasteiger partial charge in [-0.05, 0) is 38.0 Å². The average Bonchev–Trinajstić information content (AvgIpc) is 2.18. The molecule has 0 bridgehead atoms. The summed E-state index contributed by atoms with van der Waals surface area (Å²) in [6, 6.07) is 1.22. The Labute approximate surface area is 98.9 Å². The first-order valence-corrected chi connectivity index (χ1v) is 5.52. The summed E-state index contributed by atoms with van der Waals surface area (Å²) in [5, 5.41) is 2.98. The zero-order valence-corrected chi connectivity index (χ0v) is 10.3. The highest BCUT2D eigenvalue weighted by Crippen LogP contribution is 2.34. The van der Waals surface area contributed by atoms with Crippen molar-refractivity contribution >= 4 is 22.8 Å². The van der Waals surface area contributed by atoms with Crippen molar-refractivity contribution < 1.29 is 8.78 Å². The maximum Gasteiger partial charge on any atom is 0.182 e. The van der Waals surface area contributed by atoms with Crippen molar-refractivity contribution in [3.63, 3.8) is 0 Å². The van der Waals surface area contributed by atoms with Crippen molar-refractivity contribution in [2.45, 2.75) is 32.7 Å². The molecular weight excluding hydrogens is 228 g/mol. The van der Waals surface area contributed by atoms with Gasteiger partial charge in [-0.25, -0.2) is 8.78 Å². The third-order valence-corrected chi connectivity index (χ3v) is 3.68. The second-order valence-corrected chi connectivity index (χ2v) is 5.19. The molecule has 1 aromatic rings. The van der Waals surface area contributed by atoms with Gasteiger partial charge >= 0.3 is 0 Å². The molecule has 1 N–H and O–H groups in total. The molecule has 0 saturated heterocycles. The van der Waals surface area contributed by atoms with Gasteiger partial charge < -0.3 is 5.32 Å². The number of fused-ring (bicyclic) bond motifs is 1. The Morgan fingerprint density at radius 1 is 1.38 bits per heavy atom. The molecule has 0 saturated carbocycles. The molecule has 4 heteroatoms. The molecule has 86 valence electrons. The number of aryl methyl sites for hydroxylation is 1. The van der Waals surface area contributed by atoms with Crippen LogP contribution in [0, 0.1) is 18.6 Å². The van der Waals surface area contributed by atoms with Crippen molar-refractivity contribution in [3.05, 3.63) is 28.8 Å². The maximum atomic E-state index is 13.7. The van der Waals surface area contributed by atoms with Crippen molar-refractivity contribution in [2.75, 3.05) is 5.32 Å². The summed E-state index contributed by atoms with van der Waals surface area (Å²) in [7, 11) is 0. The summed E-state index contributed by atoms with van der Waals surface area (Å²) in [6.45, 7) is 5.51. The molecule has 1 aliphatic heterocycles. The molecule has 16 heavy (non-hydrogen) atoms. The van der Waals surface area contributed by atoms with E-state index in [1.807, 2.05) is 13.8 Å². The van der Waals surface area contributed by atoms with Gasteiger partial charge in [-0.1, -0.05) is 12.2 Å². The van der Waals surface area contributed by atoms with Crippen LogP contribution in [-0.4, -0.2) is 10.4 Å². The van der Waals surface area contributed by atoms with Crippen LogP contribution in [0.15, 0.2) is 6.07 Å². The number of halogens is 2. The van der Waals surface area contributed by atoms with Crippen LogP contribution < -0.4 is 5.32 Å². The standard InChI is InChI=1S/C12H13F2NS/c1-6-4-8(13)10(14)11-7(6)5-9(16)12(2,3)15-11/h4,15H,5H2,1-3H3. The fourth-order valence-electron chi connectivity index (χ4n) is 1.91. The number of hydrogen-bond donors (Lipinski definition) is 1. The SMILES string of the molecule is Cc1cc(F)c(F)c2c1CC(=S)C(C)(C)N2. The lowest BCUT2D eigenvalue weighted by atomic mass is 9.87. The third kappa shape index (κ3) is 1.61. The van der Waals surface area contributed by atoms with Crippen LogP contribution in [0.5, 0.6) is 0 Å². The Bertz CT molecular complexity index is 480. The van der Waals surface area contributed by atoms with Crippen molar-refractivity contribution in [1.29, 1.82) is 0 Å². The van der Waals surface area contributed by atoms with E-state index in [1.54, 1.807) is 6.92 Å². The summed E-state index contributed by atoms with van der Waals surface area (Å²) < 4.78 is 26.9. The second-order valence-electron chi connectivity index (χ2n) is 4.69. The van der Waals surface area contributed by atoms with E-state index in [0.717, 1.165) is 16.0 Å². The van der Waals surface area contributed by atoms with Crippen molar-refractivity contribution in [2.24, 2.45) is 0 Å². The Balaban J connectivity index is 2.64. The first-order chi connectivity index (χ1) is 7.33. The summed E-state index contributed by atoms with van der Waals surface area (Å²) >= 11 is 5.27. The second kappa shape index (κ2) is 3.48. The Morgan fingerprint density at radius 2 is 2.00 bits per heavy atom. The number of rotatable bonds is 0. The van der Waals surface area contributed by atoms with Gasteiger partial charge in [-0.15, -0.1) is 0 Å².